The molecule has 0 N–H and O–H groups in total. The molecule has 9 aromatic carbocycles. The number of rotatable bonds is 4. The Labute approximate surface area is 340 Å². The minimum Gasteiger partial charge on any atom is -0.252 e. The van der Waals surface area contributed by atoms with E-state index in [0.717, 1.165) is 21.8 Å². The van der Waals surface area contributed by atoms with Crippen molar-refractivity contribution < 1.29 is 0 Å². The van der Waals surface area contributed by atoms with Crippen molar-refractivity contribution in [2.75, 3.05) is 0 Å². The number of benzene rings is 9. The monoisotopic (exact) mass is 756 g/mol. The van der Waals surface area contributed by atoms with E-state index in [-0.39, 0.29) is 5.41 Å². The van der Waals surface area contributed by atoms with E-state index in [9.17, 15) is 0 Å². The first-order valence-electron chi connectivity index (χ1n) is 20.0. The molecule has 0 amide bonds. The highest BCUT2D eigenvalue weighted by atomic mass is 32.1. The average Bonchev–Trinajstić information content (AvgIpc) is 3.78. The highest BCUT2D eigenvalue weighted by Gasteiger charge is 2.36. The van der Waals surface area contributed by atoms with Gasteiger partial charge in [-0.2, -0.15) is 0 Å². The Morgan fingerprint density at radius 3 is 1.53 bits per heavy atom. The van der Waals surface area contributed by atoms with Crippen LogP contribution in [0.5, 0.6) is 0 Å². The molecule has 58 heavy (non-hydrogen) atoms. The Bertz CT molecular complexity index is 3430. The summed E-state index contributed by atoms with van der Waals surface area (Å²) in [5.41, 5.74) is 17.1. The van der Waals surface area contributed by atoms with Gasteiger partial charge in [-0.25, -0.2) is 0 Å². The molecule has 0 fully saturated rings. The number of nitrogens with zero attached hydrogens (tertiary/aromatic N) is 2. The summed E-state index contributed by atoms with van der Waals surface area (Å²) in [4.78, 5) is 9.50. The summed E-state index contributed by atoms with van der Waals surface area (Å²) < 4.78 is 2.70. The lowest BCUT2D eigenvalue weighted by Crippen LogP contribution is -2.15. The predicted molar refractivity (Wildman–Crippen MR) is 247 cm³/mol. The molecule has 1 aliphatic carbocycles. The summed E-state index contributed by atoms with van der Waals surface area (Å²) in [5, 5.41) is 7.35. The molecule has 0 radical (unpaired) electrons. The lowest BCUT2D eigenvalue weighted by atomic mass is 9.80. The first-order valence-corrected chi connectivity index (χ1v) is 20.8. The fraction of sp³-hybridized carbons (Fsp3) is 0.0545. The Balaban J connectivity index is 0.833. The summed E-state index contributed by atoms with van der Waals surface area (Å²) in [7, 11) is 0. The van der Waals surface area contributed by atoms with Gasteiger partial charge in [-0.3, -0.25) is 9.97 Å². The molecule has 1 aliphatic rings. The lowest BCUT2D eigenvalue weighted by molar-refractivity contribution is 0.661. The van der Waals surface area contributed by atoms with Crippen molar-refractivity contribution in [3.63, 3.8) is 0 Å². The zero-order chi connectivity index (χ0) is 38.5. The third kappa shape index (κ3) is 4.97. The van der Waals surface area contributed by atoms with E-state index in [1.165, 1.54) is 97.7 Å². The zero-order valence-corrected chi connectivity index (χ0v) is 32.9. The maximum atomic E-state index is 4.78. The molecule has 272 valence electrons. The quantitative estimate of drug-likeness (QED) is 0.167. The smallest absolute Gasteiger partial charge is 0.0971 e. The van der Waals surface area contributed by atoms with Gasteiger partial charge in [-0.1, -0.05) is 159 Å². The molecule has 0 unspecified atom stereocenters. The molecule has 11 aromatic rings. The molecule has 0 saturated carbocycles. The van der Waals surface area contributed by atoms with Crippen LogP contribution in [0.3, 0.4) is 0 Å². The van der Waals surface area contributed by atoms with Crippen LogP contribution in [0, 0.1) is 0 Å². The molecule has 0 spiro atoms. The second kappa shape index (κ2) is 12.5. The summed E-state index contributed by atoms with van der Waals surface area (Å²) in [6.45, 7) is 4.77. The molecule has 0 aliphatic heterocycles. The van der Waals surface area contributed by atoms with Crippen LogP contribution in [0.15, 0.2) is 182 Å². The van der Waals surface area contributed by atoms with Gasteiger partial charge in [-0.15, -0.1) is 11.3 Å². The molecule has 3 heteroatoms. The van der Waals surface area contributed by atoms with E-state index >= 15 is 0 Å². The number of thiophene rings is 1. The standard InChI is InChI=1S/C55H36N2S/c1-55(2)49-31-38(23-26-43(49)44-27-24-39(32-50(44)55)40-11-7-12-47-45-9-5-6-13-51(45)58-54(40)47)36-20-16-34(17-21-36)33-14-18-35(19-15-33)37-22-25-42-41-8-3-4-10-46(41)52-53(48(42)30-37)57-29-28-56-52/h3-32H,1-2H3. The summed E-state index contributed by atoms with van der Waals surface area (Å²) in [6, 6.07) is 62.9. The molecule has 2 heterocycles. The first-order chi connectivity index (χ1) is 28.5. The second-order valence-corrected chi connectivity index (χ2v) is 17.2. The second-order valence-electron chi connectivity index (χ2n) is 16.1. The third-order valence-corrected chi connectivity index (χ3v) is 13.8. The topological polar surface area (TPSA) is 25.8 Å². The van der Waals surface area contributed by atoms with E-state index < -0.39 is 0 Å². The Morgan fingerprint density at radius 1 is 0.362 bits per heavy atom. The summed E-state index contributed by atoms with van der Waals surface area (Å²) in [5.74, 6) is 0. The maximum absolute atomic E-state index is 4.78. The molecule has 0 atom stereocenters. The Kier molecular flexibility index (Phi) is 7.18. The van der Waals surface area contributed by atoms with E-state index in [1.807, 2.05) is 11.3 Å². The van der Waals surface area contributed by atoms with Crippen molar-refractivity contribution in [2.45, 2.75) is 19.3 Å². The zero-order valence-electron chi connectivity index (χ0n) is 32.1. The van der Waals surface area contributed by atoms with Crippen LogP contribution in [0.25, 0.3) is 108 Å². The molecule has 2 aromatic heterocycles. The van der Waals surface area contributed by atoms with Crippen molar-refractivity contribution in [2.24, 2.45) is 0 Å². The van der Waals surface area contributed by atoms with Crippen LogP contribution < -0.4 is 0 Å². The SMILES string of the molecule is CC1(C)c2cc(-c3ccc(-c4ccc(-c5ccc6c7ccccc7c7nccnc7c6c5)cc4)cc3)ccc2-c2ccc(-c3cccc4c3sc3ccccc34)cc21. The highest BCUT2D eigenvalue weighted by Crippen LogP contribution is 2.51. The van der Waals surface area contributed by atoms with Gasteiger partial charge in [0.2, 0.25) is 0 Å². The summed E-state index contributed by atoms with van der Waals surface area (Å²) >= 11 is 1.90. The first kappa shape index (κ1) is 33.2. The van der Waals surface area contributed by atoms with Crippen LogP contribution >= 0.6 is 11.3 Å². The van der Waals surface area contributed by atoms with Crippen molar-refractivity contribution in [1.29, 1.82) is 0 Å². The van der Waals surface area contributed by atoms with Crippen LogP contribution in [-0.2, 0) is 5.41 Å². The molecular weight excluding hydrogens is 721 g/mol. The average molecular weight is 757 g/mol. The van der Waals surface area contributed by atoms with Crippen molar-refractivity contribution in [3.05, 3.63) is 193 Å². The third-order valence-electron chi connectivity index (χ3n) is 12.6. The Morgan fingerprint density at radius 2 is 0.845 bits per heavy atom. The van der Waals surface area contributed by atoms with Crippen LogP contribution in [0.4, 0.5) is 0 Å². The van der Waals surface area contributed by atoms with Gasteiger partial charge in [0.05, 0.1) is 11.0 Å². The number of hydrogen-bond donors (Lipinski definition) is 0. The summed E-state index contributed by atoms with van der Waals surface area (Å²) in [6.07, 6.45) is 3.57. The van der Waals surface area contributed by atoms with E-state index in [0.29, 0.717) is 0 Å². The largest absolute Gasteiger partial charge is 0.252 e. The normalized spacial score (nSPS) is 13.1. The highest BCUT2D eigenvalue weighted by molar-refractivity contribution is 7.26. The molecule has 0 saturated heterocycles. The van der Waals surface area contributed by atoms with Gasteiger partial charge in [0, 0.05) is 48.8 Å². The van der Waals surface area contributed by atoms with Gasteiger partial charge < -0.3 is 0 Å². The van der Waals surface area contributed by atoms with Crippen molar-refractivity contribution in [1.82, 2.24) is 9.97 Å². The van der Waals surface area contributed by atoms with E-state index in [4.69, 9.17) is 9.97 Å². The number of hydrogen-bond acceptors (Lipinski definition) is 3. The minimum atomic E-state index is -0.119. The van der Waals surface area contributed by atoms with Gasteiger partial charge in [0.15, 0.2) is 0 Å². The minimum absolute atomic E-state index is 0.119. The van der Waals surface area contributed by atoms with Crippen LogP contribution in [-0.4, -0.2) is 9.97 Å². The van der Waals surface area contributed by atoms with Gasteiger partial charge >= 0.3 is 0 Å². The lowest BCUT2D eigenvalue weighted by Gasteiger charge is -2.22. The predicted octanol–water partition coefficient (Wildman–Crippen LogP) is 15.3. The van der Waals surface area contributed by atoms with Gasteiger partial charge in [0.25, 0.3) is 0 Å². The van der Waals surface area contributed by atoms with Gasteiger partial charge in [-0.05, 0) is 102 Å². The molecule has 0 bridgehead atoms. The van der Waals surface area contributed by atoms with E-state index in [2.05, 4.69) is 184 Å². The van der Waals surface area contributed by atoms with Gasteiger partial charge in [0.1, 0.15) is 0 Å². The molecule has 2 nitrogen and oxygen atoms in total. The van der Waals surface area contributed by atoms with E-state index in [1.54, 1.807) is 12.4 Å². The molecule has 12 rings (SSSR count). The maximum Gasteiger partial charge on any atom is 0.0971 e. The molecular formula is C55H36N2S. The number of fused-ring (bicyclic) bond motifs is 12. The Hall–Kier alpha value is -6.94. The fourth-order valence-corrected chi connectivity index (χ4v) is 10.8. The van der Waals surface area contributed by atoms with Crippen molar-refractivity contribution in [3.8, 4) is 55.6 Å². The fourth-order valence-electron chi connectivity index (χ4n) is 9.58. The van der Waals surface area contributed by atoms with Crippen LogP contribution in [0.2, 0.25) is 0 Å². The van der Waals surface area contributed by atoms with Crippen molar-refractivity contribution >= 4 is 64.1 Å². The number of aromatic nitrogens is 2. The van der Waals surface area contributed by atoms with Crippen LogP contribution in [0.1, 0.15) is 25.0 Å².